The van der Waals surface area contributed by atoms with Gasteiger partial charge in [0.2, 0.25) is 0 Å². The first-order valence-corrected chi connectivity index (χ1v) is 6.21. The van der Waals surface area contributed by atoms with Crippen LogP contribution in [0.1, 0.15) is 46.0 Å². The zero-order valence-electron chi connectivity index (χ0n) is 9.96. The van der Waals surface area contributed by atoms with Gasteiger partial charge in [-0.3, -0.25) is 4.79 Å². The molecule has 0 aliphatic heterocycles. The molecule has 0 radical (unpaired) electrons. The van der Waals surface area contributed by atoms with Crippen LogP contribution < -0.4 is 0 Å². The Hall–Kier alpha value is -0.590. The Morgan fingerprint density at radius 2 is 2.20 bits per heavy atom. The predicted octanol–water partition coefficient (Wildman–Crippen LogP) is 3.59. The Labute approximate surface area is 92.9 Å². The van der Waals surface area contributed by atoms with E-state index in [9.17, 15) is 4.79 Å². The molecule has 0 amide bonds. The van der Waals surface area contributed by atoms with Gasteiger partial charge in [-0.15, -0.1) is 6.58 Å². The number of ketones is 1. The summed E-state index contributed by atoms with van der Waals surface area (Å²) in [6.45, 7) is 8.29. The molecule has 2 aliphatic rings. The average Bonchev–Trinajstić information content (AvgIpc) is 2.71. The molecule has 1 nitrogen and oxygen atoms in total. The maximum atomic E-state index is 12.2. The van der Waals surface area contributed by atoms with Gasteiger partial charge < -0.3 is 0 Å². The van der Waals surface area contributed by atoms with Crippen LogP contribution >= 0.6 is 0 Å². The third kappa shape index (κ3) is 1.66. The molecule has 0 aromatic heterocycles. The summed E-state index contributed by atoms with van der Waals surface area (Å²) in [7, 11) is 0. The summed E-state index contributed by atoms with van der Waals surface area (Å²) >= 11 is 0. The number of rotatable bonds is 4. The average molecular weight is 206 g/mol. The van der Waals surface area contributed by atoms with Gasteiger partial charge in [0.05, 0.1) is 0 Å². The molecule has 0 aromatic carbocycles. The molecule has 84 valence electrons. The van der Waals surface area contributed by atoms with Gasteiger partial charge >= 0.3 is 0 Å². The van der Waals surface area contributed by atoms with Crippen LogP contribution in [0.15, 0.2) is 12.7 Å². The zero-order chi connectivity index (χ0) is 11.1. The standard InChI is InChI=1S/C14H22O/c1-4-5-6-12(15)13-10-7-8-11(9-10)14(13,2)3/h4,10-11,13H,1,5-9H2,2-3H3. The molecule has 15 heavy (non-hydrogen) atoms. The van der Waals surface area contributed by atoms with Crippen molar-refractivity contribution in [2.75, 3.05) is 0 Å². The minimum atomic E-state index is 0.265. The van der Waals surface area contributed by atoms with Gasteiger partial charge in [-0.05, 0) is 42.9 Å². The number of carbonyl (C=O) groups is 1. The van der Waals surface area contributed by atoms with E-state index in [1.165, 1.54) is 19.3 Å². The lowest BCUT2D eigenvalue weighted by atomic mass is 9.66. The van der Waals surface area contributed by atoms with Crippen molar-refractivity contribution in [1.29, 1.82) is 0 Å². The summed E-state index contributed by atoms with van der Waals surface area (Å²) in [6.07, 6.45) is 7.36. The highest BCUT2D eigenvalue weighted by atomic mass is 16.1. The number of hydrogen-bond acceptors (Lipinski definition) is 1. The summed E-state index contributed by atoms with van der Waals surface area (Å²) in [6, 6.07) is 0. The van der Waals surface area contributed by atoms with E-state index in [0.29, 0.717) is 24.0 Å². The van der Waals surface area contributed by atoms with E-state index in [4.69, 9.17) is 0 Å². The van der Waals surface area contributed by atoms with E-state index in [1.807, 2.05) is 6.08 Å². The van der Waals surface area contributed by atoms with Crippen LogP contribution in [0.25, 0.3) is 0 Å². The zero-order valence-corrected chi connectivity index (χ0v) is 9.96. The summed E-state index contributed by atoms with van der Waals surface area (Å²) in [5.74, 6) is 2.34. The second-order valence-corrected chi connectivity index (χ2v) is 5.86. The third-order valence-electron chi connectivity index (χ3n) is 4.74. The molecule has 1 heteroatoms. The van der Waals surface area contributed by atoms with Crippen molar-refractivity contribution in [3.63, 3.8) is 0 Å². The fourth-order valence-corrected chi connectivity index (χ4v) is 3.93. The molecule has 3 atom stereocenters. The second kappa shape index (κ2) is 3.77. The Morgan fingerprint density at radius 1 is 1.47 bits per heavy atom. The molecule has 3 unspecified atom stereocenters. The van der Waals surface area contributed by atoms with Crippen molar-refractivity contribution in [3.05, 3.63) is 12.7 Å². The van der Waals surface area contributed by atoms with Crippen molar-refractivity contribution in [2.45, 2.75) is 46.0 Å². The SMILES string of the molecule is C=CCCC(=O)C1C2CCC(C2)C1(C)C. The molecular formula is C14H22O. The van der Waals surface area contributed by atoms with Crippen LogP contribution in [-0.2, 0) is 4.79 Å². The van der Waals surface area contributed by atoms with Gasteiger partial charge in [0.1, 0.15) is 5.78 Å². The first-order valence-electron chi connectivity index (χ1n) is 6.21. The molecule has 2 fully saturated rings. The van der Waals surface area contributed by atoms with Gasteiger partial charge in [-0.25, -0.2) is 0 Å². The Kier molecular flexibility index (Phi) is 2.74. The van der Waals surface area contributed by atoms with E-state index < -0.39 is 0 Å². The number of fused-ring (bicyclic) bond motifs is 2. The Morgan fingerprint density at radius 3 is 2.73 bits per heavy atom. The van der Waals surface area contributed by atoms with Crippen molar-refractivity contribution >= 4 is 5.78 Å². The smallest absolute Gasteiger partial charge is 0.137 e. The highest BCUT2D eigenvalue weighted by Crippen LogP contribution is 2.59. The second-order valence-electron chi connectivity index (χ2n) is 5.86. The molecule has 0 N–H and O–H groups in total. The minimum Gasteiger partial charge on any atom is -0.299 e. The molecule has 0 saturated heterocycles. The fraction of sp³-hybridized carbons (Fsp3) is 0.786. The number of Topliss-reactive ketones (excluding diaryl/α,β-unsaturated/α-hetero) is 1. The molecule has 2 aliphatic carbocycles. The van der Waals surface area contributed by atoms with Gasteiger partial charge in [0, 0.05) is 12.3 Å². The highest BCUT2D eigenvalue weighted by molar-refractivity contribution is 5.82. The van der Waals surface area contributed by atoms with E-state index >= 15 is 0 Å². The molecule has 2 bridgehead atoms. The van der Waals surface area contributed by atoms with Crippen LogP contribution in [0, 0.1) is 23.2 Å². The topological polar surface area (TPSA) is 17.1 Å². The maximum absolute atomic E-state index is 12.2. The van der Waals surface area contributed by atoms with Gasteiger partial charge in [0.15, 0.2) is 0 Å². The lowest BCUT2D eigenvalue weighted by Gasteiger charge is -2.37. The van der Waals surface area contributed by atoms with Crippen molar-refractivity contribution < 1.29 is 4.79 Å². The summed E-state index contributed by atoms with van der Waals surface area (Å²) < 4.78 is 0. The molecule has 0 spiro atoms. The lowest BCUT2D eigenvalue weighted by molar-refractivity contribution is -0.128. The number of carbonyl (C=O) groups excluding carboxylic acids is 1. The first kappa shape index (κ1) is 10.9. The number of allylic oxidation sites excluding steroid dienone is 1. The Balaban J connectivity index is 2.08. The summed E-state index contributed by atoms with van der Waals surface area (Å²) in [5, 5.41) is 0. The van der Waals surface area contributed by atoms with Gasteiger partial charge in [-0.2, -0.15) is 0 Å². The molecular weight excluding hydrogens is 184 g/mol. The molecule has 2 rings (SSSR count). The highest BCUT2D eigenvalue weighted by Gasteiger charge is 2.54. The Bertz CT molecular complexity index is 277. The lowest BCUT2D eigenvalue weighted by Crippen LogP contribution is -2.36. The third-order valence-corrected chi connectivity index (χ3v) is 4.74. The van der Waals surface area contributed by atoms with E-state index in [2.05, 4.69) is 20.4 Å². The van der Waals surface area contributed by atoms with Gasteiger partial charge in [-0.1, -0.05) is 19.9 Å². The van der Waals surface area contributed by atoms with Crippen LogP contribution in [-0.4, -0.2) is 5.78 Å². The van der Waals surface area contributed by atoms with E-state index in [-0.39, 0.29) is 5.41 Å². The molecule has 0 aromatic rings. The van der Waals surface area contributed by atoms with Crippen LogP contribution in [0.3, 0.4) is 0 Å². The molecule has 0 heterocycles. The van der Waals surface area contributed by atoms with Gasteiger partial charge in [0.25, 0.3) is 0 Å². The number of hydrogen-bond donors (Lipinski definition) is 0. The maximum Gasteiger partial charge on any atom is 0.137 e. The van der Waals surface area contributed by atoms with Crippen LogP contribution in [0.4, 0.5) is 0 Å². The largest absolute Gasteiger partial charge is 0.299 e. The summed E-state index contributed by atoms with van der Waals surface area (Å²) in [4.78, 5) is 12.2. The van der Waals surface area contributed by atoms with Crippen molar-refractivity contribution in [1.82, 2.24) is 0 Å². The van der Waals surface area contributed by atoms with E-state index in [0.717, 1.165) is 12.3 Å². The van der Waals surface area contributed by atoms with Crippen molar-refractivity contribution in [2.24, 2.45) is 23.2 Å². The normalized spacial score (nSPS) is 36.8. The predicted molar refractivity (Wildman–Crippen MR) is 62.5 cm³/mol. The van der Waals surface area contributed by atoms with Crippen LogP contribution in [0.2, 0.25) is 0 Å². The van der Waals surface area contributed by atoms with E-state index in [1.54, 1.807) is 0 Å². The molecule has 2 saturated carbocycles. The first-order chi connectivity index (χ1) is 7.07. The quantitative estimate of drug-likeness (QED) is 0.642. The summed E-state index contributed by atoms with van der Waals surface area (Å²) in [5.41, 5.74) is 0.265. The van der Waals surface area contributed by atoms with Crippen LogP contribution in [0.5, 0.6) is 0 Å². The fourth-order valence-electron chi connectivity index (χ4n) is 3.93. The van der Waals surface area contributed by atoms with Crippen molar-refractivity contribution in [3.8, 4) is 0 Å². The monoisotopic (exact) mass is 206 g/mol. The minimum absolute atomic E-state index is 0.265.